The highest BCUT2D eigenvalue weighted by Crippen LogP contribution is 2.41. The van der Waals surface area contributed by atoms with Crippen LogP contribution in [0.4, 0.5) is 15.8 Å². The van der Waals surface area contributed by atoms with Gasteiger partial charge in [-0.05, 0) is 86.2 Å². The fourth-order valence-corrected chi connectivity index (χ4v) is 6.43. The van der Waals surface area contributed by atoms with Crippen molar-refractivity contribution in [3.05, 3.63) is 107 Å². The number of morpholine rings is 1. The number of aromatic nitrogens is 2. The maximum atomic E-state index is 14.1. The second kappa shape index (κ2) is 12.5. The average Bonchev–Trinajstić information content (AvgIpc) is 3.52. The lowest BCUT2D eigenvalue weighted by atomic mass is 9.96. The monoisotopic (exact) mass is 598 g/mol. The Hall–Kier alpha value is -4.28. The van der Waals surface area contributed by atoms with E-state index < -0.39 is 5.82 Å². The van der Waals surface area contributed by atoms with Crippen LogP contribution in [-0.4, -0.2) is 58.3 Å². The Labute approximate surface area is 256 Å². The van der Waals surface area contributed by atoms with E-state index in [-0.39, 0.29) is 30.1 Å². The third-order valence-corrected chi connectivity index (χ3v) is 8.55. The summed E-state index contributed by atoms with van der Waals surface area (Å²) in [4.78, 5) is 21.9. The Morgan fingerprint density at radius 3 is 2.49 bits per heavy atom. The second-order valence-electron chi connectivity index (χ2n) is 10.9. The first kappa shape index (κ1) is 28.8. The normalized spacial score (nSPS) is 18.5. The SMILES string of the molecule is Cc1cc([C@H]2[C@H](c3ccccn3)NC(=S)N2CCC(=O)Nc2ccccc2F)c(C)n1-c1ccc(N2CCOCC2)cc1. The number of aryl methyl sites for hydroxylation is 1. The van der Waals surface area contributed by atoms with Crippen LogP contribution in [0.3, 0.4) is 0 Å². The van der Waals surface area contributed by atoms with Crippen LogP contribution in [-0.2, 0) is 9.53 Å². The molecule has 2 aromatic carbocycles. The van der Waals surface area contributed by atoms with Crippen LogP contribution in [0.5, 0.6) is 0 Å². The van der Waals surface area contributed by atoms with Gasteiger partial charge in [0.25, 0.3) is 0 Å². The molecule has 2 N–H and O–H groups in total. The van der Waals surface area contributed by atoms with Crippen molar-refractivity contribution in [1.29, 1.82) is 0 Å². The zero-order valence-corrected chi connectivity index (χ0v) is 25.1. The Balaban J connectivity index is 1.29. The van der Waals surface area contributed by atoms with Crippen LogP contribution >= 0.6 is 12.2 Å². The van der Waals surface area contributed by atoms with E-state index in [0.29, 0.717) is 11.7 Å². The topological polar surface area (TPSA) is 74.7 Å². The smallest absolute Gasteiger partial charge is 0.226 e. The molecule has 2 aliphatic heterocycles. The standard InChI is InChI=1S/C33H35FN6O2S/c1-22-21-26(23(2)40(22)25-12-10-24(11-13-25)38-17-19-42-20-18-38)32-31(29-9-5-6-15-35-29)37-33(43)39(32)16-14-30(41)36-28-8-4-3-7-27(28)34/h3-13,15,21,31-32H,14,16-20H2,1-2H3,(H,36,41)(H,37,43)/t31-,32-/m0/s1. The van der Waals surface area contributed by atoms with E-state index in [4.69, 9.17) is 17.0 Å². The highest BCUT2D eigenvalue weighted by Gasteiger charge is 2.41. The number of pyridine rings is 1. The minimum atomic E-state index is -0.465. The molecule has 4 heterocycles. The predicted octanol–water partition coefficient (Wildman–Crippen LogP) is 5.47. The van der Waals surface area contributed by atoms with Crippen LogP contribution in [0.2, 0.25) is 0 Å². The Morgan fingerprint density at radius 2 is 1.77 bits per heavy atom. The molecule has 2 atom stereocenters. The molecule has 2 saturated heterocycles. The fraction of sp³-hybridized carbons (Fsp3) is 0.303. The number of hydrogen-bond acceptors (Lipinski definition) is 5. The molecule has 2 aliphatic rings. The number of amides is 1. The number of rotatable bonds is 8. The average molecular weight is 599 g/mol. The van der Waals surface area contributed by atoms with Gasteiger partial charge in [-0.25, -0.2) is 4.39 Å². The molecule has 4 aromatic rings. The van der Waals surface area contributed by atoms with Gasteiger partial charge in [0.1, 0.15) is 5.82 Å². The number of halogens is 1. The van der Waals surface area contributed by atoms with Gasteiger partial charge in [0.2, 0.25) is 5.91 Å². The van der Waals surface area contributed by atoms with Crippen molar-refractivity contribution in [2.75, 3.05) is 43.1 Å². The number of para-hydroxylation sites is 1. The van der Waals surface area contributed by atoms with E-state index in [1.165, 1.54) is 11.8 Å². The Kier molecular flexibility index (Phi) is 8.40. The Bertz CT molecular complexity index is 1600. The van der Waals surface area contributed by atoms with Gasteiger partial charge in [0, 0.05) is 55.0 Å². The summed E-state index contributed by atoms with van der Waals surface area (Å²) in [6.45, 7) is 7.87. The van der Waals surface area contributed by atoms with Crippen molar-refractivity contribution in [3.63, 3.8) is 0 Å². The molecule has 2 fully saturated rings. The lowest BCUT2D eigenvalue weighted by Gasteiger charge is -2.29. The summed E-state index contributed by atoms with van der Waals surface area (Å²) >= 11 is 5.82. The number of ether oxygens (including phenoxy) is 1. The van der Waals surface area contributed by atoms with E-state index in [0.717, 1.165) is 54.6 Å². The molecular formula is C33H35FN6O2S. The molecular weight excluding hydrogens is 563 g/mol. The van der Waals surface area contributed by atoms with Crippen LogP contribution in [0.25, 0.3) is 5.69 Å². The molecule has 43 heavy (non-hydrogen) atoms. The second-order valence-corrected chi connectivity index (χ2v) is 11.3. The van der Waals surface area contributed by atoms with Gasteiger partial charge in [0.15, 0.2) is 5.11 Å². The molecule has 0 radical (unpaired) electrons. The van der Waals surface area contributed by atoms with Crippen molar-refractivity contribution in [2.45, 2.75) is 32.4 Å². The lowest BCUT2D eigenvalue weighted by Crippen LogP contribution is -2.36. The zero-order valence-electron chi connectivity index (χ0n) is 24.3. The zero-order chi connectivity index (χ0) is 29.9. The van der Waals surface area contributed by atoms with Crippen molar-refractivity contribution in [1.82, 2.24) is 19.8 Å². The van der Waals surface area contributed by atoms with E-state index in [1.807, 2.05) is 18.2 Å². The number of thiocarbonyl (C=S) groups is 1. The number of carbonyl (C=O) groups excluding carboxylic acids is 1. The highest BCUT2D eigenvalue weighted by atomic mass is 32.1. The van der Waals surface area contributed by atoms with Gasteiger partial charge >= 0.3 is 0 Å². The van der Waals surface area contributed by atoms with Gasteiger partial charge in [-0.2, -0.15) is 0 Å². The first-order valence-electron chi connectivity index (χ1n) is 14.5. The summed E-state index contributed by atoms with van der Waals surface area (Å²) < 4.78 is 21.9. The summed E-state index contributed by atoms with van der Waals surface area (Å²) in [6, 6.07) is 22.5. The molecule has 0 aliphatic carbocycles. The largest absolute Gasteiger partial charge is 0.378 e. The first-order valence-corrected chi connectivity index (χ1v) is 15.0. The van der Waals surface area contributed by atoms with E-state index in [2.05, 4.69) is 74.2 Å². The van der Waals surface area contributed by atoms with Crippen molar-refractivity contribution >= 4 is 34.6 Å². The summed E-state index contributed by atoms with van der Waals surface area (Å²) in [5.74, 6) is -0.744. The van der Waals surface area contributed by atoms with Gasteiger partial charge in [-0.3, -0.25) is 9.78 Å². The maximum absolute atomic E-state index is 14.1. The van der Waals surface area contributed by atoms with E-state index in [1.54, 1.807) is 24.4 Å². The number of hydrogen-bond donors (Lipinski definition) is 2. The van der Waals surface area contributed by atoms with Crippen molar-refractivity contribution in [3.8, 4) is 5.69 Å². The van der Waals surface area contributed by atoms with E-state index in [9.17, 15) is 9.18 Å². The van der Waals surface area contributed by atoms with Crippen LogP contribution in [0.1, 0.15) is 41.1 Å². The molecule has 2 aromatic heterocycles. The number of anilines is 2. The lowest BCUT2D eigenvalue weighted by molar-refractivity contribution is -0.116. The Morgan fingerprint density at radius 1 is 1.05 bits per heavy atom. The molecule has 8 nitrogen and oxygen atoms in total. The molecule has 0 spiro atoms. The van der Waals surface area contributed by atoms with Crippen LogP contribution in [0.15, 0.2) is 79.0 Å². The van der Waals surface area contributed by atoms with Gasteiger partial charge < -0.3 is 29.7 Å². The molecule has 222 valence electrons. The van der Waals surface area contributed by atoms with Gasteiger partial charge in [0.05, 0.1) is 36.7 Å². The molecule has 10 heteroatoms. The molecule has 1 amide bonds. The van der Waals surface area contributed by atoms with Crippen molar-refractivity contribution in [2.24, 2.45) is 0 Å². The highest BCUT2D eigenvalue weighted by molar-refractivity contribution is 7.80. The quantitative estimate of drug-likeness (QED) is 0.261. The summed E-state index contributed by atoms with van der Waals surface area (Å²) in [5, 5.41) is 6.71. The molecule has 6 rings (SSSR count). The number of nitrogens with one attached hydrogen (secondary N) is 2. The number of nitrogens with zero attached hydrogens (tertiary/aromatic N) is 4. The summed E-state index contributed by atoms with van der Waals surface area (Å²) in [6.07, 6.45) is 1.92. The van der Waals surface area contributed by atoms with Crippen molar-refractivity contribution < 1.29 is 13.9 Å². The molecule has 0 saturated carbocycles. The predicted molar refractivity (Wildman–Crippen MR) is 170 cm³/mol. The minimum absolute atomic E-state index is 0.142. The van der Waals surface area contributed by atoms with E-state index >= 15 is 0 Å². The third kappa shape index (κ3) is 5.98. The third-order valence-electron chi connectivity index (χ3n) is 8.20. The maximum Gasteiger partial charge on any atom is 0.226 e. The summed E-state index contributed by atoms with van der Waals surface area (Å²) in [7, 11) is 0. The number of carbonyl (C=O) groups is 1. The fourth-order valence-electron chi connectivity index (χ4n) is 6.10. The van der Waals surface area contributed by atoms with Crippen LogP contribution < -0.4 is 15.5 Å². The minimum Gasteiger partial charge on any atom is -0.378 e. The van der Waals surface area contributed by atoms with Gasteiger partial charge in [-0.15, -0.1) is 0 Å². The first-order chi connectivity index (χ1) is 20.9. The van der Waals surface area contributed by atoms with Crippen LogP contribution in [0, 0.1) is 19.7 Å². The molecule has 0 unspecified atom stereocenters. The summed E-state index contributed by atoms with van der Waals surface area (Å²) in [5.41, 5.74) is 6.60. The number of benzene rings is 2. The van der Waals surface area contributed by atoms with Gasteiger partial charge in [-0.1, -0.05) is 18.2 Å². The molecule has 0 bridgehead atoms.